The summed E-state index contributed by atoms with van der Waals surface area (Å²) in [5, 5.41) is 14.1. The minimum atomic E-state index is 0.628. The average Bonchev–Trinajstić information content (AvgIpc) is 3.08. The smallest absolute Gasteiger partial charge is 0.200 e. The van der Waals surface area contributed by atoms with Crippen molar-refractivity contribution >= 4 is 27.2 Å². The van der Waals surface area contributed by atoms with Crippen molar-refractivity contribution < 1.29 is 0 Å². The van der Waals surface area contributed by atoms with Crippen LogP contribution >= 0.6 is 11.3 Å². The lowest BCUT2D eigenvalue weighted by Crippen LogP contribution is -1.88. The van der Waals surface area contributed by atoms with Gasteiger partial charge in [0.25, 0.3) is 0 Å². The summed E-state index contributed by atoms with van der Waals surface area (Å²) in [7, 11) is 0. The Hall–Kier alpha value is -2.28. The number of nitrogens with one attached hydrogen (secondary N) is 1. The quantitative estimate of drug-likeness (QED) is 0.551. The van der Waals surface area contributed by atoms with E-state index in [1.807, 2.05) is 17.5 Å². The van der Waals surface area contributed by atoms with Crippen LogP contribution in [0.15, 0.2) is 30.0 Å². The van der Waals surface area contributed by atoms with Crippen LogP contribution in [0.3, 0.4) is 0 Å². The van der Waals surface area contributed by atoms with Gasteiger partial charge in [-0.15, -0.1) is 16.4 Å². The van der Waals surface area contributed by atoms with Crippen molar-refractivity contribution in [2.45, 2.75) is 0 Å². The first-order chi connectivity index (χ1) is 8.42. The molecule has 0 saturated heterocycles. The van der Waals surface area contributed by atoms with Crippen LogP contribution in [-0.4, -0.2) is 29.8 Å². The maximum Gasteiger partial charge on any atom is 0.200 e. The number of hydrogen-bond donors (Lipinski definition) is 1. The Kier molecular flexibility index (Phi) is 1.61. The largest absolute Gasteiger partial charge is 0.275 e. The van der Waals surface area contributed by atoms with E-state index in [0.717, 1.165) is 21.6 Å². The van der Waals surface area contributed by atoms with Gasteiger partial charge in [-0.05, 0) is 17.5 Å². The van der Waals surface area contributed by atoms with Gasteiger partial charge in [0.15, 0.2) is 11.5 Å². The van der Waals surface area contributed by atoms with E-state index in [1.54, 1.807) is 28.4 Å². The van der Waals surface area contributed by atoms with Gasteiger partial charge in [0.1, 0.15) is 16.9 Å². The highest BCUT2D eigenvalue weighted by Crippen LogP contribution is 2.23. The van der Waals surface area contributed by atoms with E-state index in [9.17, 15) is 0 Å². The van der Waals surface area contributed by atoms with Gasteiger partial charge < -0.3 is 0 Å². The van der Waals surface area contributed by atoms with Crippen LogP contribution in [0.4, 0.5) is 0 Å². The molecule has 4 aromatic heterocycles. The molecule has 0 aromatic carbocycles. The lowest BCUT2D eigenvalue weighted by molar-refractivity contribution is 0.935. The van der Waals surface area contributed by atoms with Crippen molar-refractivity contribution in [3.63, 3.8) is 0 Å². The summed E-state index contributed by atoms with van der Waals surface area (Å²) in [6.07, 6.45) is 3.36. The molecule has 4 heterocycles. The summed E-state index contributed by atoms with van der Waals surface area (Å²) < 4.78 is 1.69. The minimum absolute atomic E-state index is 0.628. The van der Waals surface area contributed by atoms with E-state index < -0.39 is 0 Å². The number of aromatic amines is 1. The van der Waals surface area contributed by atoms with E-state index in [2.05, 4.69) is 25.3 Å². The van der Waals surface area contributed by atoms with E-state index in [-0.39, 0.29) is 0 Å². The summed E-state index contributed by atoms with van der Waals surface area (Å²) in [5.41, 5.74) is 1.62. The molecular formula is C10H6N6S. The predicted octanol–water partition coefficient (Wildman–Crippen LogP) is 1.73. The molecule has 0 atom stereocenters. The molecule has 0 aliphatic carbocycles. The summed E-state index contributed by atoms with van der Waals surface area (Å²) >= 11 is 1.60. The molecule has 82 valence electrons. The normalized spacial score (nSPS) is 11.5. The number of hydrogen-bond acceptors (Lipinski definition) is 5. The first-order valence-corrected chi connectivity index (χ1v) is 5.88. The molecule has 7 heteroatoms. The predicted molar refractivity (Wildman–Crippen MR) is 63.7 cm³/mol. The Balaban J connectivity index is 2.09. The molecule has 0 fully saturated rings. The van der Waals surface area contributed by atoms with Gasteiger partial charge in [-0.3, -0.25) is 5.10 Å². The molecule has 0 aliphatic rings. The topological polar surface area (TPSA) is 71.8 Å². The van der Waals surface area contributed by atoms with Crippen molar-refractivity contribution in [3.05, 3.63) is 30.0 Å². The van der Waals surface area contributed by atoms with Gasteiger partial charge in [-0.25, -0.2) is 14.5 Å². The maximum absolute atomic E-state index is 4.50. The molecule has 0 bridgehead atoms. The van der Waals surface area contributed by atoms with E-state index in [1.165, 1.54) is 0 Å². The molecule has 1 N–H and O–H groups in total. The van der Waals surface area contributed by atoms with Crippen LogP contribution in [0.2, 0.25) is 0 Å². The molecule has 6 nitrogen and oxygen atoms in total. The van der Waals surface area contributed by atoms with Crippen LogP contribution in [-0.2, 0) is 0 Å². The zero-order valence-corrected chi connectivity index (χ0v) is 9.35. The van der Waals surface area contributed by atoms with Gasteiger partial charge in [-0.1, -0.05) is 0 Å². The second kappa shape index (κ2) is 3.11. The second-order valence-corrected chi connectivity index (χ2v) is 4.45. The summed E-state index contributed by atoms with van der Waals surface area (Å²) in [4.78, 5) is 9.79. The van der Waals surface area contributed by atoms with Crippen molar-refractivity contribution in [2.24, 2.45) is 0 Å². The van der Waals surface area contributed by atoms with E-state index in [4.69, 9.17) is 0 Å². The first kappa shape index (κ1) is 8.82. The van der Waals surface area contributed by atoms with Crippen molar-refractivity contribution in [2.75, 3.05) is 0 Å². The highest BCUT2D eigenvalue weighted by molar-refractivity contribution is 7.16. The standard InChI is InChI=1S/C10H6N6S/c1-3-12-14-7(1)8-13-9-6-2-4-17-10(6)11-5-16(9)15-8/h1-5H,(H,12,14). The van der Waals surface area contributed by atoms with Gasteiger partial charge in [0.2, 0.25) is 0 Å². The fourth-order valence-corrected chi connectivity index (χ4v) is 2.49. The zero-order valence-electron chi connectivity index (χ0n) is 8.53. The van der Waals surface area contributed by atoms with Crippen molar-refractivity contribution in [3.8, 4) is 11.5 Å². The van der Waals surface area contributed by atoms with Crippen LogP contribution in [0.1, 0.15) is 0 Å². The highest BCUT2D eigenvalue weighted by Gasteiger charge is 2.10. The van der Waals surface area contributed by atoms with Gasteiger partial charge in [0.05, 0.1) is 5.39 Å². The van der Waals surface area contributed by atoms with Crippen LogP contribution < -0.4 is 0 Å². The van der Waals surface area contributed by atoms with Crippen LogP contribution in [0.5, 0.6) is 0 Å². The fraction of sp³-hybridized carbons (Fsp3) is 0. The molecule has 0 aliphatic heterocycles. The lowest BCUT2D eigenvalue weighted by atomic mass is 10.4. The number of nitrogens with zero attached hydrogens (tertiary/aromatic N) is 5. The van der Waals surface area contributed by atoms with Gasteiger partial charge in [0, 0.05) is 6.20 Å². The number of aromatic nitrogens is 6. The van der Waals surface area contributed by atoms with E-state index >= 15 is 0 Å². The molecule has 0 spiro atoms. The Morgan fingerprint density at radius 2 is 2.29 bits per heavy atom. The molecule has 0 saturated carbocycles. The third-order valence-electron chi connectivity index (χ3n) is 2.54. The van der Waals surface area contributed by atoms with Crippen molar-refractivity contribution in [1.29, 1.82) is 0 Å². The molecule has 17 heavy (non-hydrogen) atoms. The molecule has 0 unspecified atom stereocenters. The third kappa shape index (κ3) is 1.19. The monoisotopic (exact) mass is 242 g/mol. The number of fused-ring (bicyclic) bond motifs is 3. The molecule has 0 amide bonds. The number of rotatable bonds is 1. The second-order valence-electron chi connectivity index (χ2n) is 3.56. The average molecular weight is 242 g/mol. The Labute approximate surface area is 99.0 Å². The Bertz CT molecular complexity index is 797. The molecule has 4 aromatic rings. The zero-order chi connectivity index (χ0) is 11.2. The SMILES string of the molecule is c1cc(-c2nc3c4ccsc4ncn3n2)[nH]n1. The Morgan fingerprint density at radius 1 is 1.29 bits per heavy atom. The fourth-order valence-electron chi connectivity index (χ4n) is 1.76. The van der Waals surface area contributed by atoms with Crippen molar-refractivity contribution in [1.82, 2.24) is 29.8 Å². The number of thiophene rings is 1. The summed E-state index contributed by atoms with van der Waals surface area (Å²) in [6, 6.07) is 3.85. The van der Waals surface area contributed by atoms with Gasteiger partial charge >= 0.3 is 0 Å². The summed E-state index contributed by atoms with van der Waals surface area (Å²) in [6.45, 7) is 0. The number of H-pyrrole nitrogens is 1. The van der Waals surface area contributed by atoms with E-state index in [0.29, 0.717) is 5.82 Å². The molecular weight excluding hydrogens is 236 g/mol. The lowest BCUT2D eigenvalue weighted by Gasteiger charge is -1.90. The first-order valence-electron chi connectivity index (χ1n) is 5.00. The highest BCUT2D eigenvalue weighted by atomic mass is 32.1. The van der Waals surface area contributed by atoms with Crippen LogP contribution in [0.25, 0.3) is 27.4 Å². The summed E-state index contributed by atoms with van der Waals surface area (Å²) in [5.74, 6) is 0.628. The third-order valence-corrected chi connectivity index (χ3v) is 3.36. The maximum atomic E-state index is 4.50. The van der Waals surface area contributed by atoms with Crippen LogP contribution in [0, 0.1) is 0 Å². The molecule has 4 rings (SSSR count). The Morgan fingerprint density at radius 3 is 3.18 bits per heavy atom. The van der Waals surface area contributed by atoms with Gasteiger partial charge in [-0.2, -0.15) is 5.10 Å². The minimum Gasteiger partial charge on any atom is -0.275 e. The molecule has 0 radical (unpaired) electrons.